The fourth-order valence-corrected chi connectivity index (χ4v) is 3.00. The molecular formula is C20H19N3O. The highest BCUT2D eigenvalue weighted by molar-refractivity contribution is 6.07. The average molecular weight is 317 g/mol. The van der Waals surface area contributed by atoms with Gasteiger partial charge in [0, 0.05) is 36.9 Å². The first-order valence-corrected chi connectivity index (χ1v) is 8.28. The molecule has 4 nitrogen and oxygen atoms in total. The third kappa shape index (κ3) is 2.87. The maximum atomic E-state index is 13.0. The Labute approximate surface area is 141 Å². The first-order valence-electron chi connectivity index (χ1n) is 8.28. The minimum atomic E-state index is 0.0656. The van der Waals surface area contributed by atoms with Gasteiger partial charge in [-0.1, -0.05) is 18.2 Å². The number of benzene rings is 1. The highest BCUT2D eigenvalue weighted by atomic mass is 16.2. The lowest BCUT2D eigenvalue weighted by molar-refractivity contribution is 0.0790. The van der Waals surface area contributed by atoms with Crippen LogP contribution in [0.4, 0.5) is 0 Å². The predicted octanol–water partition coefficient (Wildman–Crippen LogP) is 3.78. The quantitative estimate of drug-likeness (QED) is 0.735. The zero-order chi connectivity index (χ0) is 16.5. The van der Waals surface area contributed by atoms with Crippen LogP contribution < -0.4 is 0 Å². The Morgan fingerprint density at radius 3 is 2.67 bits per heavy atom. The largest absolute Gasteiger partial charge is 0.341 e. The lowest BCUT2D eigenvalue weighted by atomic mass is 10.0. The number of carbonyl (C=O) groups is 1. The molecule has 24 heavy (non-hydrogen) atoms. The minimum Gasteiger partial charge on any atom is -0.341 e. The van der Waals surface area contributed by atoms with E-state index < -0.39 is 0 Å². The van der Waals surface area contributed by atoms with Gasteiger partial charge in [0.15, 0.2) is 0 Å². The van der Waals surface area contributed by atoms with Gasteiger partial charge in [-0.3, -0.25) is 9.78 Å². The fraction of sp³-hybridized carbons (Fsp3) is 0.250. The van der Waals surface area contributed by atoms with Crippen LogP contribution in [0.1, 0.15) is 23.2 Å². The van der Waals surface area contributed by atoms with E-state index >= 15 is 0 Å². The number of para-hydroxylation sites is 1. The molecule has 1 aliphatic carbocycles. The first-order chi connectivity index (χ1) is 11.7. The van der Waals surface area contributed by atoms with Crippen LogP contribution in [-0.2, 0) is 0 Å². The molecule has 0 N–H and O–H groups in total. The van der Waals surface area contributed by atoms with Crippen molar-refractivity contribution in [2.24, 2.45) is 5.92 Å². The van der Waals surface area contributed by atoms with Crippen LogP contribution in [0.25, 0.3) is 22.2 Å². The smallest absolute Gasteiger partial charge is 0.254 e. The Hall–Kier alpha value is -2.75. The molecule has 0 aliphatic heterocycles. The maximum absolute atomic E-state index is 13.0. The van der Waals surface area contributed by atoms with Crippen molar-refractivity contribution in [3.05, 3.63) is 60.4 Å². The van der Waals surface area contributed by atoms with E-state index in [2.05, 4.69) is 4.98 Å². The van der Waals surface area contributed by atoms with Crippen LogP contribution in [0, 0.1) is 5.92 Å². The van der Waals surface area contributed by atoms with Gasteiger partial charge in [-0.05, 0) is 43.0 Å². The van der Waals surface area contributed by atoms with Crippen molar-refractivity contribution in [3.63, 3.8) is 0 Å². The normalized spacial score (nSPS) is 13.9. The van der Waals surface area contributed by atoms with Gasteiger partial charge < -0.3 is 4.90 Å². The van der Waals surface area contributed by atoms with Gasteiger partial charge in [-0.25, -0.2) is 4.98 Å². The fourth-order valence-electron chi connectivity index (χ4n) is 3.00. The van der Waals surface area contributed by atoms with Crippen molar-refractivity contribution in [1.82, 2.24) is 14.9 Å². The molecule has 2 aromatic heterocycles. The first kappa shape index (κ1) is 14.8. The molecule has 0 atom stereocenters. The molecule has 2 heterocycles. The number of rotatable bonds is 4. The zero-order valence-electron chi connectivity index (χ0n) is 13.6. The summed E-state index contributed by atoms with van der Waals surface area (Å²) in [6.45, 7) is 0.833. The monoisotopic (exact) mass is 317 g/mol. The summed E-state index contributed by atoms with van der Waals surface area (Å²) >= 11 is 0. The van der Waals surface area contributed by atoms with Crippen LogP contribution in [0.15, 0.2) is 54.9 Å². The van der Waals surface area contributed by atoms with Crippen molar-refractivity contribution < 1.29 is 4.79 Å². The van der Waals surface area contributed by atoms with Crippen LogP contribution in [-0.4, -0.2) is 34.4 Å². The molecular weight excluding hydrogens is 298 g/mol. The van der Waals surface area contributed by atoms with E-state index in [0.29, 0.717) is 5.92 Å². The van der Waals surface area contributed by atoms with Crippen LogP contribution >= 0.6 is 0 Å². The van der Waals surface area contributed by atoms with Crippen molar-refractivity contribution in [3.8, 4) is 11.3 Å². The number of amides is 1. The molecule has 0 unspecified atom stereocenters. The van der Waals surface area contributed by atoms with Crippen molar-refractivity contribution in [1.29, 1.82) is 0 Å². The van der Waals surface area contributed by atoms with E-state index in [-0.39, 0.29) is 5.91 Å². The van der Waals surface area contributed by atoms with Crippen LogP contribution in [0.5, 0.6) is 0 Å². The van der Waals surface area contributed by atoms with Gasteiger partial charge >= 0.3 is 0 Å². The molecule has 0 spiro atoms. The van der Waals surface area contributed by atoms with Crippen molar-refractivity contribution in [2.45, 2.75) is 12.8 Å². The van der Waals surface area contributed by atoms with E-state index in [0.717, 1.165) is 34.3 Å². The van der Waals surface area contributed by atoms with E-state index in [1.165, 1.54) is 12.8 Å². The van der Waals surface area contributed by atoms with Gasteiger partial charge in [0.05, 0.1) is 16.8 Å². The van der Waals surface area contributed by atoms with Gasteiger partial charge in [-0.2, -0.15) is 0 Å². The molecule has 4 rings (SSSR count). The summed E-state index contributed by atoms with van der Waals surface area (Å²) in [6.07, 6.45) is 5.95. The number of nitrogens with zero attached hydrogens (tertiary/aromatic N) is 3. The predicted molar refractivity (Wildman–Crippen MR) is 94.7 cm³/mol. The standard InChI is InChI=1S/C20H19N3O/c1-23(13-14-6-7-14)20(24)17-12-19(15-8-10-21-11-9-15)22-18-5-3-2-4-16(17)18/h2-5,8-12,14H,6-7,13H2,1H3. The number of pyridine rings is 2. The van der Waals surface area contributed by atoms with E-state index in [1.54, 1.807) is 12.4 Å². The van der Waals surface area contributed by atoms with Gasteiger partial charge in [0.2, 0.25) is 0 Å². The lowest BCUT2D eigenvalue weighted by Crippen LogP contribution is -2.29. The molecule has 1 saturated carbocycles. The Kier molecular flexibility index (Phi) is 3.73. The second-order valence-corrected chi connectivity index (χ2v) is 6.44. The minimum absolute atomic E-state index is 0.0656. The molecule has 4 heteroatoms. The Bertz CT molecular complexity index is 888. The molecule has 0 saturated heterocycles. The highest BCUT2D eigenvalue weighted by Crippen LogP contribution is 2.31. The van der Waals surface area contributed by atoms with E-state index in [9.17, 15) is 4.79 Å². The number of hydrogen-bond acceptors (Lipinski definition) is 3. The maximum Gasteiger partial charge on any atom is 0.254 e. The molecule has 0 bridgehead atoms. The summed E-state index contributed by atoms with van der Waals surface area (Å²) in [5.41, 5.74) is 3.33. The number of fused-ring (bicyclic) bond motifs is 1. The average Bonchev–Trinajstić information content (AvgIpc) is 3.45. The summed E-state index contributed by atoms with van der Waals surface area (Å²) in [5, 5.41) is 0.906. The van der Waals surface area contributed by atoms with Crippen LogP contribution in [0.2, 0.25) is 0 Å². The Morgan fingerprint density at radius 1 is 1.17 bits per heavy atom. The third-order valence-electron chi connectivity index (χ3n) is 4.50. The summed E-state index contributed by atoms with van der Waals surface area (Å²) in [7, 11) is 1.89. The zero-order valence-corrected chi connectivity index (χ0v) is 13.6. The van der Waals surface area contributed by atoms with E-state index in [4.69, 9.17) is 4.98 Å². The van der Waals surface area contributed by atoms with Gasteiger partial charge in [0.1, 0.15) is 0 Å². The molecule has 0 radical (unpaired) electrons. The van der Waals surface area contributed by atoms with E-state index in [1.807, 2.05) is 54.4 Å². The lowest BCUT2D eigenvalue weighted by Gasteiger charge is -2.18. The number of carbonyl (C=O) groups excluding carboxylic acids is 1. The number of hydrogen-bond donors (Lipinski definition) is 0. The van der Waals surface area contributed by atoms with Crippen LogP contribution in [0.3, 0.4) is 0 Å². The molecule has 1 aliphatic rings. The molecule has 3 aromatic rings. The summed E-state index contributed by atoms with van der Waals surface area (Å²) in [6, 6.07) is 13.6. The molecule has 1 fully saturated rings. The summed E-state index contributed by atoms with van der Waals surface area (Å²) < 4.78 is 0. The molecule has 1 amide bonds. The second-order valence-electron chi connectivity index (χ2n) is 6.44. The van der Waals surface area contributed by atoms with Crippen molar-refractivity contribution in [2.75, 3.05) is 13.6 Å². The number of aromatic nitrogens is 2. The van der Waals surface area contributed by atoms with Crippen molar-refractivity contribution >= 4 is 16.8 Å². The second kappa shape index (κ2) is 6.04. The third-order valence-corrected chi connectivity index (χ3v) is 4.50. The van der Waals surface area contributed by atoms with Gasteiger partial charge in [-0.15, -0.1) is 0 Å². The Morgan fingerprint density at radius 2 is 1.92 bits per heavy atom. The SMILES string of the molecule is CN(CC1CC1)C(=O)c1cc(-c2ccncc2)nc2ccccc12. The molecule has 1 aromatic carbocycles. The summed E-state index contributed by atoms with van der Waals surface area (Å²) in [5.74, 6) is 0.738. The Balaban J connectivity index is 1.81. The summed E-state index contributed by atoms with van der Waals surface area (Å²) in [4.78, 5) is 23.6. The highest BCUT2D eigenvalue weighted by Gasteiger charge is 2.26. The molecule has 120 valence electrons. The topological polar surface area (TPSA) is 46.1 Å². The van der Waals surface area contributed by atoms with Gasteiger partial charge in [0.25, 0.3) is 5.91 Å².